The fourth-order valence-corrected chi connectivity index (χ4v) is 4.46. The van der Waals surface area contributed by atoms with Gasteiger partial charge in [0, 0.05) is 30.1 Å². The van der Waals surface area contributed by atoms with Crippen molar-refractivity contribution in [3.8, 4) is 11.1 Å². The van der Waals surface area contributed by atoms with Crippen molar-refractivity contribution in [2.75, 3.05) is 13.1 Å². The van der Waals surface area contributed by atoms with Gasteiger partial charge >= 0.3 is 0 Å². The van der Waals surface area contributed by atoms with Crippen LogP contribution in [-0.2, 0) is 4.79 Å². The Hall–Kier alpha value is -4.32. The molecule has 1 fully saturated rings. The van der Waals surface area contributed by atoms with Crippen LogP contribution in [0.1, 0.15) is 27.1 Å². The molecule has 2 amide bonds. The second-order valence-electron chi connectivity index (χ2n) is 8.33. The van der Waals surface area contributed by atoms with E-state index in [4.69, 9.17) is 0 Å². The number of benzene rings is 3. The molecule has 0 radical (unpaired) electrons. The van der Waals surface area contributed by atoms with Crippen molar-refractivity contribution in [2.45, 2.75) is 12.5 Å². The van der Waals surface area contributed by atoms with Gasteiger partial charge in [-0.1, -0.05) is 66.7 Å². The molecule has 1 aliphatic heterocycles. The number of Topliss-reactive ketones (excluding diaryl/α,β-unsaturated/α-hetero) is 1. The van der Waals surface area contributed by atoms with Gasteiger partial charge in [-0.25, -0.2) is 0 Å². The van der Waals surface area contributed by atoms with E-state index in [0.29, 0.717) is 16.6 Å². The predicted octanol–water partition coefficient (Wildman–Crippen LogP) is 4.12. The van der Waals surface area contributed by atoms with E-state index in [2.05, 4.69) is 10.3 Å². The largest absolute Gasteiger partial charge is 0.350 e. The van der Waals surface area contributed by atoms with Gasteiger partial charge in [0.2, 0.25) is 0 Å². The molecule has 1 aliphatic rings. The van der Waals surface area contributed by atoms with Crippen molar-refractivity contribution < 1.29 is 14.4 Å². The highest BCUT2D eigenvalue weighted by molar-refractivity contribution is 6.06. The van der Waals surface area contributed by atoms with Gasteiger partial charge in [-0.3, -0.25) is 19.4 Å². The second-order valence-corrected chi connectivity index (χ2v) is 8.33. The number of carbonyl (C=O) groups excluding carboxylic acids is 3. The molecular formula is C28H23N3O3. The number of nitrogens with zero attached hydrogens (tertiary/aromatic N) is 2. The van der Waals surface area contributed by atoms with Gasteiger partial charge in [0.25, 0.3) is 11.8 Å². The first kappa shape index (κ1) is 21.5. The molecule has 1 saturated heterocycles. The number of amides is 2. The molecule has 1 atom stereocenters. The third-order valence-electron chi connectivity index (χ3n) is 6.13. The molecule has 5 rings (SSSR count). The topological polar surface area (TPSA) is 79.4 Å². The summed E-state index contributed by atoms with van der Waals surface area (Å²) in [6.45, 7) is 0.228. The van der Waals surface area contributed by atoms with Crippen LogP contribution in [-0.4, -0.2) is 46.6 Å². The quantitative estimate of drug-likeness (QED) is 0.497. The molecule has 2 heterocycles. The van der Waals surface area contributed by atoms with Gasteiger partial charge in [-0.2, -0.15) is 0 Å². The Bertz CT molecular complexity index is 1380. The molecule has 3 aromatic carbocycles. The molecule has 4 aromatic rings. The highest BCUT2D eigenvalue weighted by atomic mass is 16.2. The molecular weight excluding hydrogens is 426 g/mol. The summed E-state index contributed by atoms with van der Waals surface area (Å²) in [5.41, 5.74) is 3.38. The van der Waals surface area contributed by atoms with Gasteiger partial charge in [-0.15, -0.1) is 0 Å². The average Bonchev–Trinajstić information content (AvgIpc) is 3.27. The molecule has 1 N–H and O–H groups in total. The minimum absolute atomic E-state index is 0.0170. The molecule has 0 spiro atoms. The Labute approximate surface area is 197 Å². The Morgan fingerprint density at radius 2 is 1.62 bits per heavy atom. The zero-order valence-electron chi connectivity index (χ0n) is 18.5. The van der Waals surface area contributed by atoms with Crippen molar-refractivity contribution >= 4 is 28.5 Å². The molecule has 1 aromatic heterocycles. The molecule has 168 valence electrons. The van der Waals surface area contributed by atoms with Crippen LogP contribution in [0, 0.1) is 0 Å². The van der Waals surface area contributed by atoms with Crippen molar-refractivity contribution in [3.05, 3.63) is 102 Å². The van der Waals surface area contributed by atoms with E-state index in [1.165, 1.54) is 0 Å². The van der Waals surface area contributed by atoms with Crippen molar-refractivity contribution in [1.82, 2.24) is 15.2 Å². The molecule has 0 aliphatic carbocycles. The lowest BCUT2D eigenvalue weighted by molar-refractivity contribution is -0.116. The first-order valence-corrected chi connectivity index (χ1v) is 11.2. The van der Waals surface area contributed by atoms with Crippen LogP contribution >= 0.6 is 0 Å². The van der Waals surface area contributed by atoms with Gasteiger partial charge in [0.1, 0.15) is 0 Å². The number of nitrogens with one attached hydrogen (secondary N) is 1. The van der Waals surface area contributed by atoms with E-state index in [1.54, 1.807) is 23.2 Å². The molecule has 1 unspecified atom stereocenters. The van der Waals surface area contributed by atoms with Gasteiger partial charge in [-0.05, 0) is 29.3 Å². The zero-order chi connectivity index (χ0) is 23.5. The first-order valence-electron chi connectivity index (χ1n) is 11.2. The number of likely N-dealkylation sites (tertiary alicyclic amines) is 1. The maximum absolute atomic E-state index is 13.5. The highest BCUT2D eigenvalue weighted by Crippen LogP contribution is 2.27. The number of carbonyl (C=O) groups is 3. The summed E-state index contributed by atoms with van der Waals surface area (Å²) in [5.74, 6) is -0.506. The van der Waals surface area contributed by atoms with Crippen LogP contribution in [0.5, 0.6) is 0 Å². The SMILES string of the molecule is O=C1CC(CNC(=O)c2cccc3cccnc23)N(C(=O)c2ccccc2-c2ccccc2)C1. The van der Waals surface area contributed by atoms with Crippen LogP contribution in [0.4, 0.5) is 0 Å². The summed E-state index contributed by atoms with van der Waals surface area (Å²) < 4.78 is 0. The maximum atomic E-state index is 13.5. The molecule has 34 heavy (non-hydrogen) atoms. The number of rotatable bonds is 5. The minimum Gasteiger partial charge on any atom is -0.350 e. The third kappa shape index (κ3) is 4.18. The van der Waals surface area contributed by atoms with Crippen molar-refractivity contribution in [2.24, 2.45) is 0 Å². The van der Waals surface area contributed by atoms with Crippen LogP contribution in [0.15, 0.2) is 91.1 Å². The van der Waals surface area contributed by atoms with E-state index in [0.717, 1.165) is 16.5 Å². The lowest BCUT2D eigenvalue weighted by Gasteiger charge is -2.25. The second kappa shape index (κ2) is 9.27. The van der Waals surface area contributed by atoms with Crippen LogP contribution in [0.25, 0.3) is 22.0 Å². The van der Waals surface area contributed by atoms with E-state index in [9.17, 15) is 14.4 Å². The number of hydrogen-bond acceptors (Lipinski definition) is 4. The van der Waals surface area contributed by atoms with E-state index < -0.39 is 6.04 Å². The summed E-state index contributed by atoms with van der Waals surface area (Å²) in [6.07, 6.45) is 1.87. The Morgan fingerprint density at radius 3 is 2.47 bits per heavy atom. The monoisotopic (exact) mass is 449 g/mol. The number of hydrogen-bond donors (Lipinski definition) is 1. The number of pyridine rings is 1. The predicted molar refractivity (Wildman–Crippen MR) is 130 cm³/mol. The molecule has 0 bridgehead atoms. The smallest absolute Gasteiger partial charge is 0.255 e. The zero-order valence-corrected chi connectivity index (χ0v) is 18.5. The fraction of sp³-hybridized carbons (Fsp3) is 0.143. The van der Waals surface area contributed by atoms with Crippen LogP contribution < -0.4 is 5.32 Å². The fourth-order valence-electron chi connectivity index (χ4n) is 4.46. The third-order valence-corrected chi connectivity index (χ3v) is 6.13. The first-order chi connectivity index (χ1) is 16.6. The van der Waals surface area contributed by atoms with Gasteiger partial charge < -0.3 is 10.2 Å². The van der Waals surface area contributed by atoms with E-state index in [-0.39, 0.29) is 37.1 Å². The summed E-state index contributed by atoms with van der Waals surface area (Å²) in [4.78, 5) is 44.7. The summed E-state index contributed by atoms with van der Waals surface area (Å²) >= 11 is 0. The standard InChI is InChI=1S/C28H23N3O3/c32-22-16-21(17-30-27(33)25-14-6-10-20-11-7-15-29-26(20)25)31(18-22)28(34)24-13-5-4-12-23(24)19-8-2-1-3-9-19/h1-15,21H,16-18H2,(H,30,33). The molecule has 6 heteroatoms. The Balaban J connectivity index is 1.36. The minimum atomic E-state index is -0.407. The number of para-hydroxylation sites is 1. The number of ketones is 1. The Kier molecular flexibility index (Phi) is 5.87. The van der Waals surface area contributed by atoms with Crippen LogP contribution in [0.3, 0.4) is 0 Å². The van der Waals surface area contributed by atoms with Crippen molar-refractivity contribution in [1.29, 1.82) is 0 Å². The summed E-state index contributed by atoms with van der Waals surface area (Å²) in [5, 5.41) is 3.79. The summed E-state index contributed by atoms with van der Waals surface area (Å²) in [6, 6.07) is 25.9. The van der Waals surface area contributed by atoms with E-state index in [1.807, 2.05) is 72.8 Å². The maximum Gasteiger partial charge on any atom is 0.255 e. The van der Waals surface area contributed by atoms with Gasteiger partial charge in [0.15, 0.2) is 5.78 Å². The highest BCUT2D eigenvalue weighted by Gasteiger charge is 2.35. The molecule has 0 saturated carbocycles. The normalized spacial score (nSPS) is 15.5. The van der Waals surface area contributed by atoms with Crippen molar-refractivity contribution in [3.63, 3.8) is 0 Å². The lowest BCUT2D eigenvalue weighted by atomic mass is 9.98. The number of aromatic nitrogens is 1. The van der Waals surface area contributed by atoms with Crippen LogP contribution in [0.2, 0.25) is 0 Å². The lowest BCUT2D eigenvalue weighted by Crippen LogP contribution is -2.43. The number of fused-ring (bicyclic) bond motifs is 1. The Morgan fingerprint density at radius 1 is 0.882 bits per heavy atom. The average molecular weight is 450 g/mol. The van der Waals surface area contributed by atoms with Gasteiger partial charge in [0.05, 0.1) is 23.7 Å². The summed E-state index contributed by atoms with van der Waals surface area (Å²) in [7, 11) is 0. The van der Waals surface area contributed by atoms with E-state index >= 15 is 0 Å². The molecule has 6 nitrogen and oxygen atoms in total.